The highest BCUT2D eigenvalue weighted by Crippen LogP contribution is 2.34. The zero-order valence-electron chi connectivity index (χ0n) is 16.0. The van der Waals surface area contributed by atoms with Gasteiger partial charge in [-0.05, 0) is 24.6 Å². The van der Waals surface area contributed by atoms with E-state index in [4.69, 9.17) is 9.47 Å². The summed E-state index contributed by atoms with van der Waals surface area (Å²) in [5.41, 5.74) is 1.71. The van der Waals surface area contributed by atoms with Gasteiger partial charge in [-0.1, -0.05) is 19.4 Å². The summed E-state index contributed by atoms with van der Waals surface area (Å²) in [7, 11) is 3.24. The lowest BCUT2D eigenvalue weighted by atomic mass is 10.2. The summed E-state index contributed by atoms with van der Waals surface area (Å²) < 4.78 is 10.8. The van der Waals surface area contributed by atoms with Crippen molar-refractivity contribution in [1.29, 1.82) is 0 Å². The number of unbranched alkanes of at least 4 members (excludes halogenated alkanes) is 1. The predicted molar refractivity (Wildman–Crippen MR) is 108 cm³/mol. The van der Waals surface area contributed by atoms with Crippen molar-refractivity contribution in [2.45, 2.75) is 26.3 Å². The maximum atomic E-state index is 5.43. The lowest BCUT2D eigenvalue weighted by Crippen LogP contribution is -2.09. The lowest BCUT2D eigenvalue weighted by molar-refractivity contribution is 0.356. The van der Waals surface area contributed by atoms with Crippen molar-refractivity contribution in [2.75, 3.05) is 31.4 Å². The fraction of sp³-hybridized carbons (Fsp3) is 0.350. The number of hydrogen-bond donors (Lipinski definition) is 2. The molecule has 142 valence electrons. The molecule has 7 heteroatoms. The topological polar surface area (TPSA) is 81.2 Å². The number of anilines is 2. The number of aromatic nitrogens is 3. The summed E-state index contributed by atoms with van der Waals surface area (Å²) in [6.07, 6.45) is 3.95. The summed E-state index contributed by atoms with van der Waals surface area (Å²) in [6, 6.07) is 9.59. The van der Waals surface area contributed by atoms with Gasteiger partial charge < -0.3 is 20.1 Å². The normalized spacial score (nSPS) is 10.6. The molecule has 0 spiro atoms. The summed E-state index contributed by atoms with van der Waals surface area (Å²) in [5, 5.41) is 7.56. The van der Waals surface area contributed by atoms with Crippen molar-refractivity contribution < 1.29 is 9.47 Å². The summed E-state index contributed by atoms with van der Waals surface area (Å²) >= 11 is 0. The molecule has 3 aromatic rings. The first-order valence-electron chi connectivity index (χ1n) is 9.06. The van der Waals surface area contributed by atoms with Crippen LogP contribution in [0.1, 0.15) is 25.5 Å². The minimum atomic E-state index is 0.541. The van der Waals surface area contributed by atoms with E-state index >= 15 is 0 Å². The first kappa shape index (κ1) is 18.7. The van der Waals surface area contributed by atoms with Crippen LogP contribution in [0.15, 0.2) is 36.5 Å². The second-order valence-electron chi connectivity index (χ2n) is 6.08. The van der Waals surface area contributed by atoms with Gasteiger partial charge in [0.15, 0.2) is 11.5 Å². The number of benzene rings is 1. The van der Waals surface area contributed by atoms with Gasteiger partial charge in [-0.3, -0.25) is 4.98 Å². The van der Waals surface area contributed by atoms with Crippen LogP contribution in [0.25, 0.3) is 10.9 Å². The standard InChI is InChI=1S/C20H25N5O2/c1-4-5-9-22-19-15-11-17(26-2)18(27-3)12-16(15)24-20(25-19)23-13-14-8-6-7-10-21-14/h6-8,10-12H,4-5,9,13H2,1-3H3,(H2,22,23,24,25). The quantitative estimate of drug-likeness (QED) is 0.556. The van der Waals surface area contributed by atoms with E-state index in [-0.39, 0.29) is 0 Å². The number of hydrogen-bond acceptors (Lipinski definition) is 7. The molecule has 0 radical (unpaired) electrons. The van der Waals surface area contributed by atoms with E-state index in [2.05, 4.69) is 32.5 Å². The molecule has 0 aliphatic carbocycles. The molecule has 0 atom stereocenters. The highest BCUT2D eigenvalue weighted by atomic mass is 16.5. The van der Waals surface area contributed by atoms with Gasteiger partial charge >= 0.3 is 0 Å². The van der Waals surface area contributed by atoms with Gasteiger partial charge in [0.2, 0.25) is 5.95 Å². The number of nitrogens with one attached hydrogen (secondary N) is 2. The van der Waals surface area contributed by atoms with E-state index in [0.717, 1.165) is 41.8 Å². The fourth-order valence-corrected chi connectivity index (χ4v) is 2.73. The average molecular weight is 367 g/mol. The summed E-state index contributed by atoms with van der Waals surface area (Å²) in [4.78, 5) is 13.6. The third-order valence-electron chi connectivity index (χ3n) is 4.18. The molecule has 0 fully saturated rings. The van der Waals surface area contributed by atoms with E-state index in [1.165, 1.54) is 0 Å². The molecule has 0 aliphatic heterocycles. The van der Waals surface area contributed by atoms with Crippen LogP contribution in [0.2, 0.25) is 0 Å². The molecule has 2 N–H and O–H groups in total. The third kappa shape index (κ3) is 4.55. The van der Waals surface area contributed by atoms with E-state index in [0.29, 0.717) is 24.0 Å². The van der Waals surface area contributed by atoms with Crippen LogP contribution in [-0.2, 0) is 6.54 Å². The molecular formula is C20H25N5O2. The minimum absolute atomic E-state index is 0.541. The van der Waals surface area contributed by atoms with Crippen molar-refractivity contribution in [2.24, 2.45) is 0 Å². The smallest absolute Gasteiger partial charge is 0.225 e. The maximum Gasteiger partial charge on any atom is 0.225 e. The van der Waals surface area contributed by atoms with Gasteiger partial charge in [0, 0.05) is 24.2 Å². The molecular weight excluding hydrogens is 342 g/mol. The average Bonchev–Trinajstić information content (AvgIpc) is 2.72. The van der Waals surface area contributed by atoms with Gasteiger partial charge in [-0.25, -0.2) is 4.98 Å². The Kier molecular flexibility index (Phi) is 6.25. The highest BCUT2D eigenvalue weighted by Gasteiger charge is 2.13. The molecule has 1 aromatic carbocycles. The van der Waals surface area contributed by atoms with E-state index < -0.39 is 0 Å². The lowest BCUT2D eigenvalue weighted by Gasteiger charge is -2.14. The molecule has 3 rings (SSSR count). The van der Waals surface area contributed by atoms with E-state index in [1.54, 1.807) is 20.4 Å². The SMILES string of the molecule is CCCCNc1nc(NCc2ccccn2)nc2cc(OC)c(OC)cc12. The van der Waals surface area contributed by atoms with Crippen molar-refractivity contribution in [1.82, 2.24) is 15.0 Å². The molecule has 27 heavy (non-hydrogen) atoms. The van der Waals surface area contributed by atoms with Crippen molar-refractivity contribution in [3.8, 4) is 11.5 Å². The zero-order valence-corrected chi connectivity index (χ0v) is 16.0. The van der Waals surface area contributed by atoms with Crippen LogP contribution in [0.3, 0.4) is 0 Å². The second-order valence-corrected chi connectivity index (χ2v) is 6.08. The predicted octanol–water partition coefficient (Wildman–Crippen LogP) is 3.87. The largest absolute Gasteiger partial charge is 0.493 e. The van der Waals surface area contributed by atoms with Crippen LogP contribution in [-0.4, -0.2) is 35.7 Å². The van der Waals surface area contributed by atoms with Crippen molar-refractivity contribution in [3.05, 3.63) is 42.2 Å². The Morgan fingerprint density at radius 1 is 1.00 bits per heavy atom. The molecule has 0 saturated carbocycles. The van der Waals surface area contributed by atoms with Crippen LogP contribution in [0, 0.1) is 0 Å². The Labute approximate surface area is 159 Å². The molecule has 0 amide bonds. The molecule has 2 aromatic heterocycles. The molecule has 2 heterocycles. The van der Waals surface area contributed by atoms with Gasteiger partial charge in [0.1, 0.15) is 5.82 Å². The van der Waals surface area contributed by atoms with E-state index in [1.807, 2.05) is 30.3 Å². The van der Waals surface area contributed by atoms with Gasteiger partial charge in [-0.15, -0.1) is 0 Å². The Balaban J connectivity index is 1.95. The third-order valence-corrected chi connectivity index (χ3v) is 4.18. The Hall–Kier alpha value is -3.09. The summed E-state index contributed by atoms with van der Waals surface area (Å²) in [5.74, 6) is 2.61. The van der Waals surface area contributed by atoms with Crippen LogP contribution < -0.4 is 20.1 Å². The van der Waals surface area contributed by atoms with Crippen LogP contribution >= 0.6 is 0 Å². The number of methoxy groups -OCH3 is 2. The minimum Gasteiger partial charge on any atom is -0.493 e. The first-order chi connectivity index (χ1) is 13.2. The van der Waals surface area contributed by atoms with E-state index in [9.17, 15) is 0 Å². The number of pyridine rings is 1. The molecule has 0 saturated heterocycles. The van der Waals surface area contributed by atoms with Gasteiger partial charge in [0.05, 0.1) is 32.0 Å². The first-order valence-corrected chi connectivity index (χ1v) is 9.06. The van der Waals surface area contributed by atoms with Crippen molar-refractivity contribution in [3.63, 3.8) is 0 Å². The number of nitrogens with zero attached hydrogens (tertiary/aromatic N) is 3. The Morgan fingerprint density at radius 3 is 2.52 bits per heavy atom. The Morgan fingerprint density at radius 2 is 1.81 bits per heavy atom. The zero-order chi connectivity index (χ0) is 19.1. The number of fused-ring (bicyclic) bond motifs is 1. The van der Waals surface area contributed by atoms with Crippen molar-refractivity contribution >= 4 is 22.7 Å². The highest BCUT2D eigenvalue weighted by molar-refractivity contribution is 5.92. The fourth-order valence-electron chi connectivity index (χ4n) is 2.73. The van der Waals surface area contributed by atoms with Crippen LogP contribution in [0.5, 0.6) is 11.5 Å². The summed E-state index contributed by atoms with van der Waals surface area (Å²) in [6.45, 7) is 3.55. The van der Waals surface area contributed by atoms with Gasteiger partial charge in [-0.2, -0.15) is 4.98 Å². The molecule has 7 nitrogen and oxygen atoms in total. The van der Waals surface area contributed by atoms with Crippen LogP contribution in [0.4, 0.5) is 11.8 Å². The Bertz CT molecular complexity index is 886. The number of ether oxygens (including phenoxy) is 2. The molecule has 0 unspecified atom stereocenters. The monoisotopic (exact) mass is 367 g/mol. The molecule has 0 bridgehead atoms. The number of rotatable bonds is 9. The molecule has 0 aliphatic rings. The maximum absolute atomic E-state index is 5.43. The second kappa shape index (κ2) is 9.02. The van der Waals surface area contributed by atoms with Gasteiger partial charge in [0.25, 0.3) is 0 Å².